The van der Waals surface area contributed by atoms with Crippen LogP contribution in [-0.4, -0.2) is 40.3 Å². The summed E-state index contributed by atoms with van der Waals surface area (Å²) in [5.41, 5.74) is 1.12. The summed E-state index contributed by atoms with van der Waals surface area (Å²) in [5, 5.41) is 13.6. The van der Waals surface area contributed by atoms with E-state index in [2.05, 4.69) is 30.8 Å². The molecule has 8 heteroatoms. The molecular weight excluding hydrogens is 356 g/mol. The van der Waals surface area contributed by atoms with Crippen molar-refractivity contribution in [1.82, 2.24) is 25.8 Å². The largest absolute Gasteiger partial charge is 0.489 e. The van der Waals surface area contributed by atoms with E-state index in [1.54, 1.807) is 12.3 Å². The first-order chi connectivity index (χ1) is 13.7. The molecule has 3 N–H and O–H groups in total. The third-order valence-corrected chi connectivity index (χ3v) is 3.98. The number of aromatic nitrogens is 3. The number of nitrogens with zero attached hydrogens (tertiary/aromatic N) is 3. The van der Waals surface area contributed by atoms with E-state index in [1.807, 2.05) is 51.1 Å². The van der Waals surface area contributed by atoms with Gasteiger partial charge in [0.15, 0.2) is 11.7 Å². The van der Waals surface area contributed by atoms with Crippen LogP contribution in [0.5, 0.6) is 5.75 Å². The first kappa shape index (κ1) is 19.5. The van der Waals surface area contributed by atoms with Gasteiger partial charge in [0, 0.05) is 6.54 Å². The predicted octanol–water partition coefficient (Wildman–Crippen LogP) is 2.90. The zero-order chi connectivity index (χ0) is 19.8. The Morgan fingerprint density at radius 1 is 1.25 bits per heavy atom. The molecule has 0 saturated heterocycles. The Morgan fingerprint density at radius 3 is 2.86 bits per heavy atom. The summed E-state index contributed by atoms with van der Waals surface area (Å²) in [6, 6.07) is 11.6. The van der Waals surface area contributed by atoms with Gasteiger partial charge in [0.05, 0.1) is 12.8 Å². The van der Waals surface area contributed by atoms with Crippen LogP contribution in [0.2, 0.25) is 0 Å². The van der Waals surface area contributed by atoms with Crippen molar-refractivity contribution in [3.63, 3.8) is 0 Å². The zero-order valence-corrected chi connectivity index (χ0v) is 16.4. The second kappa shape index (κ2) is 9.59. The Morgan fingerprint density at radius 2 is 2.11 bits per heavy atom. The van der Waals surface area contributed by atoms with Crippen LogP contribution in [-0.2, 0) is 6.54 Å². The Balaban J connectivity index is 1.54. The number of hydrogen-bond acceptors (Lipinski definition) is 5. The lowest BCUT2D eigenvalue weighted by molar-refractivity contribution is 0.222. The molecule has 0 aliphatic rings. The number of guanidine groups is 1. The molecule has 8 nitrogen and oxygen atoms in total. The average molecular weight is 382 g/mol. The minimum absolute atomic E-state index is 0.0132. The first-order valence-electron chi connectivity index (χ1n) is 9.35. The fourth-order valence-electron chi connectivity index (χ4n) is 2.57. The van der Waals surface area contributed by atoms with Crippen LogP contribution in [0.1, 0.15) is 25.2 Å². The maximum absolute atomic E-state index is 6.00. The number of hydrogen-bond donors (Lipinski definition) is 3. The van der Waals surface area contributed by atoms with E-state index in [0.717, 1.165) is 17.9 Å². The molecule has 148 valence electrons. The van der Waals surface area contributed by atoms with E-state index in [4.69, 9.17) is 9.15 Å². The second-order valence-corrected chi connectivity index (χ2v) is 6.35. The van der Waals surface area contributed by atoms with E-state index in [9.17, 15) is 0 Å². The fraction of sp³-hybridized carbons (Fsp3) is 0.350. The van der Waals surface area contributed by atoms with Gasteiger partial charge in [0.25, 0.3) is 0 Å². The summed E-state index contributed by atoms with van der Waals surface area (Å²) in [7, 11) is 0. The van der Waals surface area contributed by atoms with E-state index < -0.39 is 0 Å². The summed E-state index contributed by atoms with van der Waals surface area (Å²) in [4.78, 5) is 8.95. The smallest absolute Gasteiger partial charge is 0.216 e. The van der Waals surface area contributed by atoms with Crippen molar-refractivity contribution in [2.75, 3.05) is 13.1 Å². The van der Waals surface area contributed by atoms with Gasteiger partial charge in [-0.15, -0.1) is 5.10 Å². The van der Waals surface area contributed by atoms with E-state index in [0.29, 0.717) is 36.5 Å². The lowest BCUT2D eigenvalue weighted by Crippen LogP contribution is -2.41. The summed E-state index contributed by atoms with van der Waals surface area (Å²) >= 11 is 0. The number of aliphatic imine (C=N–C) groups is 1. The average Bonchev–Trinajstić information content (AvgIpc) is 3.37. The standard InChI is InChI=1S/C20H26N6O2/c1-4-21-20(22-12-15(3)28-16-9-6-5-8-14(16)2)23-13-18-24-19(26-25-18)17-10-7-11-27-17/h5-11,15H,4,12-13H2,1-3H3,(H2,21,22,23)(H,24,25,26). The van der Waals surface area contributed by atoms with Crippen LogP contribution >= 0.6 is 0 Å². The van der Waals surface area contributed by atoms with Crippen molar-refractivity contribution in [1.29, 1.82) is 0 Å². The molecule has 2 heterocycles. The number of furan rings is 1. The Labute approximate surface area is 164 Å². The molecule has 1 atom stereocenters. The van der Waals surface area contributed by atoms with Gasteiger partial charge in [-0.05, 0) is 44.5 Å². The molecule has 3 aromatic rings. The van der Waals surface area contributed by atoms with Crippen LogP contribution < -0.4 is 15.4 Å². The topological polar surface area (TPSA) is 100 Å². The van der Waals surface area contributed by atoms with Crippen LogP contribution in [0.4, 0.5) is 0 Å². The van der Waals surface area contributed by atoms with Gasteiger partial charge in [0.1, 0.15) is 24.2 Å². The fourth-order valence-corrected chi connectivity index (χ4v) is 2.57. The summed E-state index contributed by atoms with van der Waals surface area (Å²) in [6.07, 6.45) is 1.58. The number of aryl methyl sites for hydroxylation is 1. The van der Waals surface area contributed by atoms with E-state index >= 15 is 0 Å². The molecule has 0 aliphatic carbocycles. The quantitative estimate of drug-likeness (QED) is 0.409. The zero-order valence-electron chi connectivity index (χ0n) is 16.4. The van der Waals surface area contributed by atoms with Crippen molar-refractivity contribution in [3.05, 3.63) is 54.0 Å². The highest BCUT2D eigenvalue weighted by Crippen LogP contribution is 2.17. The van der Waals surface area contributed by atoms with Crippen LogP contribution in [0.3, 0.4) is 0 Å². The Kier molecular flexibility index (Phi) is 6.67. The van der Waals surface area contributed by atoms with Gasteiger partial charge in [-0.25, -0.2) is 9.98 Å². The van der Waals surface area contributed by atoms with Crippen LogP contribution in [0.25, 0.3) is 11.6 Å². The highest BCUT2D eigenvalue weighted by molar-refractivity contribution is 5.79. The molecule has 0 spiro atoms. The second-order valence-electron chi connectivity index (χ2n) is 6.35. The highest BCUT2D eigenvalue weighted by Gasteiger charge is 2.09. The number of nitrogens with one attached hydrogen (secondary N) is 3. The minimum atomic E-state index is -0.0132. The number of H-pyrrole nitrogens is 1. The number of benzene rings is 1. The number of aromatic amines is 1. The van der Waals surface area contributed by atoms with E-state index in [1.165, 1.54) is 0 Å². The van der Waals surface area contributed by atoms with Crippen molar-refractivity contribution < 1.29 is 9.15 Å². The van der Waals surface area contributed by atoms with Crippen LogP contribution in [0.15, 0.2) is 52.1 Å². The lowest BCUT2D eigenvalue weighted by Gasteiger charge is -2.18. The molecule has 1 unspecified atom stereocenters. The van der Waals surface area contributed by atoms with Gasteiger partial charge in [-0.2, -0.15) is 0 Å². The maximum Gasteiger partial charge on any atom is 0.216 e. The molecule has 0 aliphatic heterocycles. The Bertz CT molecular complexity index is 888. The highest BCUT2D eigenvalue weighted by atomic mass is 16.5. The molecule has 0 fully saturated rings. The molecule has 0 bridgehead atoms. The van der Waals surface area contributed by atoms with Crippen molar-refractivity contribution >= 4 is 5.96 Å². The van der Waals surface area contributed by atoms with Crippen molar-refractivity contribution in [2.24, 2.45) is 4.99 Å². The minimum Gasteiger partial charge on any atom is -0.489 e. The lowest BCUT2D eigenvalue weighted by atomic mass is 10.2. The molecule has 0 amide bonds. The maximum atomic E-state index is 6.00. The monoisotopic (exact) mass is 382 g/mol. The van der Waals surface area contributed by atoms with Gasteiger partial charge in [-0.1, -0.05) is 18.2 Å². The van der Waals surface area contributed by atoms with Gasteiger partial charge in [0.2, 0.25) is 5.82 Å². The van der Waals surface area contributed by atoms with Gasteiger partial charge >= 0.3 is 0 Å². The number of rotatable bonds is 8. The molecular formula is C20H26N6O2. The molecule has 28 heavy (non-hydrogen) atoms. The van der Waals surface area contributed by atoms with E-state index in [-0.39, 0.29) is 6.10 Å². The first-order valence-corrected chi connectivity index (χ1v) is 9.35. The molecule has 0 saturated carbocycles. The summed E-state index contributed by atoms with van der Waals surface area (Å²) in [6.45, 7) is 7.83. The third-order valence-electron chi connectivity index (χ3n) is 3.98. The van der Waals surface area contributed by atoms with Crippen molar-refractivity contribution in [3.8, 4) is 17.3 Å². The van der Waals surface area contributed by atoms with Crippen molar-refractivity contribution in [2.45, 2.75) is 33.4 Å². The summed E-state index contributed by atoms with van der Waals surface area (Å²) in [5.74, 6) is 3.39. The van der Waals surface area contributed by atoms with Gasteiger partial charge in [-0.3, -0.25) is 5.10 Å². The SMILES string of the molecule is CCNC(=NCc1nc(-c2ccco2)n[nH]1)NCC(C)Oc1ccccc1C. The third kappa shape index (κ3) is 5.35. The predicted molar refractivity (Wildman–Crippen MR) is 108 cm³/mol. The normalized spacial score (nSPS) is 12.6. The molecule has 2 aromatic heterocycles. The van der Waals surface area contributed by atoms with Crippen LogP contribution in [0, 0.1) is 6.92 Å². The molecule has 1 aromatic carbocycles. The molecule has 3 rings (SSSR count). The van der Waals surface area contributed by atoms with Gasteiger partial charge < -0.3 is 19.8 Å². The number of para-hydroxylation sites is 1. The molecule has 0 radical (unpaired) electrons. The Hall–Kier alpha value is -3.29. The summed E-state index contributed by atoms with van der Waals surface area (Å²) < 4.78 is 11.3. The number of ether oxygens (including phenoxy) is 1.